The van der Waals surface area contributed by atoms with Crippen LogP contribution in [0.15, 0.2) is 36.8 Å². The molecule has 0 bridgehead atoms. The Morgan fingerprint density at radius 1 is 1.19 bits per heavy atom. The summed E-state index contributed by atoms with van der Waals surface area (Å²) in [7, 11) is 0. The average molecular weight is 293 g/mol. The number of aromatic amines is 1. The van der Waals surface area contributed by atoms with Gasteiger partial charge in [0.1, 0.15) is 12.1 Å². The standard InChI is InChI=1S/C13H10F3N5/c14-13(15,16)9-3-1-2-8(4-9)5-17-11-10-6-20-21-12(10)19-7-18-11/h1-4,6-7H,5H2,(H2,17,18,19,20,21). The van der Waals surface area contributed by atoms with Crippen LogP contribution in [0.5, 0.6) is 0 Å². The number of alkyl halides is 3. The van der Waals surface area contributed by atoms with E-state index in [2.05, 4.69) is 25.5 Å². The molecule has 3 rings (SSSR count). The molecule has 5 nitrogen and oxygen atoms in total. The SMILES string of the molecule is FC(F)(F)c1cccc(CNc2ncnc3[nH]ncc23)c1. The maximum absolute atomic E-state index is 12.6. The van der Waals surface area contributed by atoms with Crippen molar-refractivity contribution in [2.45, 2.75) is 12.7 Å². The van der Waals surface area contributed by atoms with E-state index in [1.807, 2.05) is 0 Å². The monoisotopic (exact) mass is 293 g/mol. The highest BCUT2D eigenvalue weighted by Gasteiger charge is 2.30. The van der Waals surface area contributed by atoms with Gasteiger partial charge in [0.15, 0.2) is 5.65 Å². The van der Waals surface area contributed by atoms with Crippen molar-refractivity contribution in [1.82, 2.24) is 20.2 Å². The summed E-state index contributed by atoms with van der Waals surface area (Å²) in [5.41, 5.74) is 0.412. The van der Waals surface area contributed by atoms with Gasteiger partial charge in [-0.05, 0) is 17.7 Å². The predicted octanol–water partition coefficient (Wildman–Crippen LogP) is 2.98. The van der Waals surface area contributed by atoms with Crippen molar-refractivity contribution in [3.63, 3.8) is 0 Å². The lowest BCUT2D eigenvalue weighted by molar-refractivity contribution is -0.137. The topological polar surface area (TPSA) is 66.5 Å². The highest BCUT2D eigenvalue weighted by molar-refractivity contribution is 5.85. The van der Waals surface area contributed by atoms with Gasteiger partial charge in [-0.25, -0.2) is 9.97 Å². The number of hydrogen-bond donors (Lipinski definition) is 2. The van der Waals surface area contributed by atoms with Crippen molar-refractivity contribution < 1.29 is 13.2 Å². The average Bonchev–Trinajstić information content (AvgIpc) is 2.93. The Morgan fingerprint density at radius 3 is 2.86 bits per heavy atom. The molecule has 0 unspecified atom stereocenters. The van der Waals surface area contributed by atoms with Crippen molar-refractivity contribution in [2.75, 3.05) is 5.32 Å². The minimum Gasteiger partial charge on any atom is -0.365 e. The number of halogens is 3. The van der Waals surface area contributed by atoms with Gasteiger partial charge in [-0.1, -0.05) is 12.1 Å². The highest BCUT2D eigenvalue weighted by Crippen LogP contribution is 2.29. The van der Waals surface area contributed by atoms with Crippen molar-refractivity contribution in [3.8, 4) is 0 Å². The lowest BCUT2D eigenvalue weighted by atomic mass is 10.1. The number of nitrogens with zero attached hydrogens (tertiary/aromatic N) is 3. The molecule has 0 saturated carbocycles. The van der Waals surface area contributed by atoms with E-state index in [1.54, 1.807) is 12.3 Å². The fourth-order valence-electron chi connectivity index (χ4n) is 1.95. The van der Waals surface area contributed by atoms with Crippen molar-refractivity contribution in [1.29, 1.82) is 0 Å². The first-order valence-electron chi connectivity index (χ1n) is 6.08. The molecule has 0 saturated heterocycles. The van der Waals surface area contributed by atoms with Crippen molar-refractivity contribution >= 4 is 16.9 Å². The molecule has 2 heterocycles. The summed E-state index contributed by atoms with van der Waals surface area (Å²) in [4.78, 5) is 8.05. The number of hydrogen-bond acceptors (Lipinski definition) is 4. The fraction of sp³-hybridized carbons (Fsp3) is 0.154. The van der Waals surface area contributed by atoms with E-state index < -0.39 is 11.7 Å². The molecule has 0 atom stereocenters. The Hall–Kier alpha value is -2.64. The fourth-order valence-corrected chi connectivity index (χ4v) is 1.95. The summed E-state index contributed by atoms with van der Waals surface area (Å²) in [6, 6.07) is 5.16. The van der Waals surface area contributed by atoms with Gasteiger partial charge in [0.25, 0.3) is 0 Å². The molecular weight excluding hydrogens is 283 g/mol. The summed E-state index contributed by atoms with van der Waals surface area (Å²) < 4.78 is 37.9. The molecule has 2 N–H and O–H groups in total. The van der Waals surface area contributed by atoms with Crippen LogP contribution in [0.4, 0.5) is 19.0 Å². The second-order valence-electron chi connectivity index (χ2n) is 4.41. The predicted molar refractivity (Wildman–Crippen MR) is 70.5 cm³/mol. The Labute approximate surface area is 117 Å². The van der Waals surface area contributed by atoms with E-state index in [4.69, 9.17) is 0 Å². The molecule has 0 aliphatic carbocycles. The van der Waals surface area contributed by atoms with E-state index in [1.165, 1.54) is 12.4 Å². The first kappa shape index (κ1) is 13.3. The van der Waals surface area contributed by atoms with Crippen LogP contribution in [0.1, 0.15) is 11.1 Å². The number of H-pyrrole nitrogens is 1. The number of benzene rings is 1. The zero-order valence-electron chi connectivity index (χ0n) is 10.6. The quantitative estimate of drug-likeness (QED) is 0.779. The third-order valence-electron chi connectivity index (χ3n) is 2.96. The third kappa shape index (κ3) is 2.78. The Balaban J connectivity index is 1.80. The molecule has 8 heteroatoms. The number of fused-ring (bicyclic) bond motifs is 1. The minimum absolute atomic E-state index is 0.223. The van der Waals surface area contributed by atoms with Crippen LogP contribution in [0.2, 0.25) is 0 Å². The van der Waals surface area contributed by atoms with Crippen LogP contribution >= 0.6 is 0 Å². The molecular formula is C13H10F3N5. The summed E-state index contributed by atoms with van der Waals surface area (Å²) in [6.07, 6.45) is -1.43. The van der Waals surface area contributed by atoms with Crippen LogP contribution < -0.4 is 5.32 Å². The lowest BCUT2D eigenvalue weighted by Gasteiger charge is -2.10. The third-order valence-corrected chi connectivity index (χ3v) is 2.96. The molecule has 21 heavy (non-hydrogen) atoms. The number of aromatic nitrogens is 4. The summed E-state index contributed by atoms with van der Waals surface area (Å²) in [5, 5.41) is 10.2. The number of rotatable bonds is 3. The smallest absolute Gasteiger partial charge is 0.365 e. The van der Waals surface area contributed by atoms with E-state index in [9.17, 15) is 13.2 Å². The molecule has 0 amide bonds. The molecule has 3 aromatic rings. The molecule has 2 aromatic heterocycles. The molecule has 0 radical (unpaired) electrons. The molecule has 0 fully saturated rings. The first-order chi connectivity index (χ1) is 10.0. The lowest BCUT2D eigenvalue weighted by Crippen LogP contribution is -2.07. The van der Waals surface area contributed by atoms with Crippen molar-refractivity contribution in [2.24, 2.45) is 0 Å². The van der Waals surface area contributed by atoms with Gasteiger partial charge in [0.05, 0.1) is 17.1 Å². The van der Waals surface area contributed by atoms with Gasteiger partial charge in [-0.3, -0.25) is 5.10 Å². The molecule has 1 aromatic carbocycles. The van der Waals surface area contributed by atoms with Crippen LogP contribution in [0.25, 0.3) is 11.0 Å². The van der Waals surface area contributed by atoms with Gasteiger partial charge in [-0.2, -0.15) is 18.3 Å². The molecule has 0 aliphatic rings. The molecule has 0 aliphatic heterocycles. The number of nitrogens with one attached hydrogen (secondary N) is 2. The summed E-state index contributed by atoms with van der Waals surface area (Å²) in [6.45, 7) is 0.223. The van der Waals surface area contributed by atoms with Crippen molar-refractivity contribution in [3.05, 3.63) is 47.9 Å². The molecule has 108 valence electrons. The van der Waals surface area contributed by atoms with E-state index in [0.717, 1.165) is 12.1 Å². The van der Waals surface area contributed by atoms with Crippen LogP contribution in [0.3, 0.4) is 0 Å². The van der Waals surface area contributed by atoms with Gasteiger partial charge < -0.3 is 5.32 Å². The highest BCUT2D eigenvalue weighted by atomic mass is 19.4. The van der Waals surface area contributed by atoms with Crippen LogP contribution in [-0.2, 0) is 12.7 Å². The maximum Gasteiger partial charge on any atom is 0.416 e. The van der Waals surface area contributed by atoms with E-state index >= 15 is 0 Å². The Morgan fingerprint density at radius 2 is 2.05 bits per heavy atom. The Bertz CT molecular complexity index is 766. The van der Waals surface area contributed by atoms with Gasteiger partial charge in [0.2, 0.25) is 0 Å². The summed E-state index contributed by atoms with van der Waals surface area (Å²) in [5.74, 6) is 0.520. The second kappa shape index (κ2) is 5.04. The second-order valence-corrected chi connectivity index (χ2v) is 4.41. The van der Waals surface area contributed by atoms with Gasteiger partial charge >= 0.3 is 6.18 Å². The largest absolute Gasteiger partial charge is 0.416 e. The van der Waals surface area contributed by atoms with E-state index in [-0.39, 0.29) is 6.54 Å². The first-order valence-corrected chi connectivity index (χ1v) is 6.08. The van der Waals surface area contributed by atoms with Gasteiger partial charge in [0, 0.05) is 6.54 Å². The van der Waals surface area contributed by atoms with E-state index in [0.29, 0.717) is 22.4 Å². The number of anilines is 1. The minimum atomic E-state index is -4.34. The zero-order valence-corrected chi connectivity index (χ0v) is 10.6. The maximum atomic E-state index is 12.6. The summed E-state index contributed by atoms with van der Waals surface area (Å²) >= 11 is 0. The zero-order chi connectivity index (χ0) is 14.9. The van der Waals surface area contributed by atoms with Gasteiger partial charge in [-0.15, -0.1) is 0 Å². The van der Waals surface area contributed by atoms with Crippen LogP contribution in [-0.4, -0.2) is 20.2 Å². The molecule has 0 spiro atoms. The normalized spacial score (nSPS) is 11.8. The Kier molecular flexibility index (Phi) is 3.20. The van der Waals surface area contributed by atoms with Crippen LogP contribution in [0, 0.1) is 0 Å².